The number of carbonyl (C=O) groups excluding carboxylic acids is 2. The Kier molecular flexibility index (Phi) is 6.98. The Labute approximate surface area is 191 Å². The van der Waals surface area contributed by atoms with Gasteiger partial charge in [-0.1, -0.05) is 24.3 Å². The molecule has 0 aromatic heterocycles. The highest BCUT2D eigenvalue weighted by atomic mass is 19.1. The lowest BCUT2D eigenvalue weighted by atomic mass is 10.0. The highest BCUT2D eigenvalue weighted by Crippen LogP contribution is 2.24. The van der Waals surface area contributed by atoms with Gasteiger partial charge >= 0.3 is 0 Å². The van der Waals surface area contributed by atoms with Crippen molar-refractivity contribution in [3.05, 3.63) is 101 Å². The lowest BCUT2D eigenvalue weighted by Crippen LogP contribution is -2.45. The van der Waals surface area contributed by atoms with Crippen LogP contribution in [0.2, 0.25) is 0 Å². The van der Waals surface area contributed by atoms with E-state index in [4.69, 9.17) is 0 Å². The highest BCUT2D eigenvalue weighted by Gasteiger charge is 2.24. The van der Waals surface area contributed by atoms with Crippen molar-refractivity contribution >= 4 is 17.5 Å². The molecule has 3 aromatic rings. The van der Waals surface area contributed by atoms with E-state index in [9.17, 15) is 18.4 Å². The van der Waals surface area contributed by atoms with Crippen LogP contribution in [-0.4, -0.2) is 30.9 Å². The summed E-state index contributed by atoms with van der Waals surface area (Å²) in [6, 6.07) is 19.0. The summed E-state index contributed by atoms with van der Waals surface area (Å²) in [5.41, 5.74) is 2.67. The molecule has 3 aromatic carbocycles. The second-order valence-electron chi connectivity index (χ2n) is 8.07. The van der Waals surface area contributed by atoms with E-state index in [1.165, 1.54) is 36.4 Å². The minimum atomic E-state index is -0.375. The normalized spacial score (nSPS) is 14.1. The maximum atomic E-state index is 13.1. The van der Waals surface area contributed by atoms with Crippen molar-refractivity contribution in [1.29, 1.82) is 0 Å². The summed E-state index contributed by atoms with van der Waals surface area (Å²) in [6.07, 6.45) is 1.47. The van der Waals surface area contributed by atoms with Gasteiger partial charge in [-0.15, -0.1) is 0 Å². The van der Waals surface area contributed by atoms with Crippen LogP contribution in [0.15, 0.2) is 72.8 Å². The Morgan fingerprint density at radius 2 is 1.42 bits per heavy atom. The first kappa shape index (κ1) is 22.5. The summed E-state index contributed by atoms with van der Waals surface area (Å²) in [5, 5.41) is 5.91. The molecule has 170 valence electrons. The number of anilines is 1. The first-order valence-corrected chi connectivity index (χ1v) is 10.9. The molecule has 2 amide bonds. The van der Waals surface area contributed by atoms with Crippen LogP contribution in [0.5, 0.6) is 0 Å². The SMILES string of the molecule is O=C(NC1CCN(c2ccccc2C(=O)NCc2ccc(F)cc2)CC1)c1ccc(F)cc1. The topological polar surface area (TPSA) is 61.4 Å². The van der Waals surface area contributed by atoms with E-state index in [0.29, 0.717) is 30.8 Å². The molecular weight excluding hydrogens is 424 g/mol. The van der Waals surface area contributed by atoms with Crippen LogP contribution in [0.4, 0.5) is 14.5 Å². The molecule has 0 atom stereocenters. The zero-order chi connectivity index (χ0) is 23.2. The summed E-state index contributed by atoms with van der Waals surface area (Å²) in [5.74, 6) is -1.09. The monoisotopic (exact) mass is 449 g/mol. The zero-order valence-corrected chi connectivity index (χ0v) is 18.1. The zero-order valence-electron chi connectivity index (χ0n) is 18.1. The largest absolute Gasteiger partial charge is 0.371 e. The van der Waals surface area contributed by atoms with Crippen molar-refractivity contribution in [1.82, 2.24) is 10.6 Å². The van der Waals surface area contributed by atoms with E-state index in [-0.39, 0.29) is 29.5 Å². The first-order valence-electron chi connectivity index (χ1n) is 10.9. The maximum absolute atomic E-state index is 13.1. The number of halogens is 2. The predicted octanol–water partition coefficient (Wildman–Crippen LogP) is 4.29. The van der Waals surface area contributed by atoms with E-state index in [0.717, 1.165) is 24.1 Å². The molecule has 2 N–H and O–H groups in total. The van der Waals surface area contributed by atoms with Crippen molar-refractivity contribution in [2.75, 3.05) is 18.0 Å². The number of rotatable bonds is 6. The summed E-state index contributed by atoms with van der Waals surface area (Å²) in [4.78, 5) is 27.4. The fraction of sp³-hybridized carbons (Fsp3) is 0.231. The number of hydrogen-bond acceptors (Lipinski definition) is 3. The van der Waals surface area contributed by atoms with Gasteiger partial charge in [0.2, 0.25) is 0 Å². The molecule has 1 fully saturated rings. The lowest BCUT2D eigenvalue weighted by molar-refractivity contribution is 0.0929. The molecule has 7 heteroatoms. The fourth-order valence-corrected chi connectivity index (χ4v) is 3.96. The predicted molar refractivity (Wildman–Crippen MR) is 123 cm³/mol. The maximum Gasteiger partial charge on any atom is 0.253 e. The Balaban J connectivity index is 1.34. The number of hydrogen-bond donors (Lipinski definition) is 2. The number of nitrogens with one attached hydrogen (secondary N) is 2. The van der Waals surface area contributed by atoms with Crippen molar-refractivity contribution in [2.24, 2.45) is 0 Å². The third-order valence-electron chi connectivity index (χ3n) is 5.79. The van der Waals surface area contributed by atoms with Crippen LogP contribution in [0.25, 0.3) is 0 Å². The molecule has 0 spiro atoms. The molecule has 1 heterocycles. The molecule has 1 aliphatic heterocycles. The van der Waals surface area contributed by atoms with Gasteiger partial charge in [0.15, 0.2) is 0 Å². The quantitative estimate of drug-likeness (QED) is 0.590. The Bertz CT molecular complexity index is 1110. The van der Waals surface area contributed by atoms with Gasteiger partial charge in [-0.25, -0.2) is 8.78 Å². The van der Waals surface area contributed by atoms with Crippen LogP contribution in [0.1, 0.15) is 39.1 Å². The van der Waals surface area contributed by atoms with Gasteiger partial charge in [-0.05, 0) is 66.9 Å². The molecule has 0 unspecified atom stereocenters. The van der Waals surface area contributed by atoms with Gasteiger partial charge in [-0.3, -0.25) is 9.59 Å². The molecule has 1 saturated heterocycles. The molecule has 4 rings (SSSR count). The molecule has 0 aliphatic carbocycles. The Morgan fingerprint density at radius 3 is 2.09 bits per heavy atom. The summed E-state index contributed by atoms with van der Waals surface area (Å²) >= 11 is 0. The lowest BCUT2D eigenvalue weighted by Gasteiger charge is -2.35. The van der Waals surface area contributed by atoms with Gasteiger partial charge in [0.1, 0.15) is 11.6 Å². The highest BCUT2D eigenvalue weighted by molar-refractivity contribution is 5.99. The molecule has 0 radical (unpaired) electrons. The third kappa shape index (κ3) is 5.74. The molecular formula is C26H25F2N3O2. The van der Waals surface area contributed by atoms with Gasteiger partial charge in [0.05, 0.1) is 5.56 Å². The van der Waals surface area contributed by atoms with E-state index in [1.807, 2.05) is 18.2 Å². The average Bonchev–Trinajstić information content (AvgIpc) is 2.84. The van der Waals surface area contributed by atoms with E-state index in [1.54, 1.807) is 18.2 Å². The number of carbonyl (C=O) groups is 2. The number of amides is 2. The minimum absolute atomic E-state index is 0.0123. The summed E-state index contributed by atoms with van der Waals surface area (Å²) < 4.78 is 26.2. The average molecular weight is 450 g/mol. The van der Waals surface area contributed by atoms with Crippen LogP contribution >= 0.6 is 0 Å². The second kappa shape index (κ2) is 10.3. The Hall–Kier alpha value is -3.74. The van der Waals surface area contributed by atoms with Crippen molar-refractivity contribution < 1.29 is 18.4 Å². The summed E-state index contributed by atoms with van der Waals surface area (Å²) in [7, 11) is 0. The van der Waals surface area contributed by atoms with Gasteiger partial charge in [0, 0.05) is 36.9 Å². The van der Waals surface area contributed by atoms with Crippen molar-refractivity contribution in [3.63, 3.8) is 0 Å². The number of benzene rings is 3. The first-order chi connectivity index (χ1) is 16.0. The van der Waals surface area contributed by atoms with Crippen molar-refractivity contribution in [2.45, 2.75) is 25.4 Å². The molecule has 5 nitrogen and oxygen atoms in total. The van der Waals surface area contributed by atoms with Crippen molar-refractivity contribution in [3.8, 4) is 0 Å². The molecule has 0 bridgehead atoms. The minimum Gasteiger partial charge on any atom is -0.371 e. The molecule has 1 aliphatic rings. The summed E-state index contributed by atoms with van der Waals surface area (Å²) in [6.45, 7) is 1.69. The number of para-hydroxylation sites is 1. The van der Waals surface area contributed by atoms with Gasteiger partial charge < -0.3 is 15.5 Å². The van der Waals surface area contributed by atoms with Crippen LogP contribution in [0.3, 0.4) is 0 Å². The third-order valence-corrected chi connectivity index (χ3v) is 5.79. The Morgan fingerprint density at radius 1 is 0.818 bits per heavy atom. The second-order valence-corrected chi connectivity index (χ2v) is 8.07. The van der Waals surface area contributed by atoms with Gasteiger partial charge in [0.25, 0.3) is 11.8 Å². The standard InChI is InChI=1S/C26H25F2N3O2/c27-20-9-5-18(6-10-20)17-29-26(33)23-3-1-2-4-24(23)31-15-13-22(14-16-31)30-25(32)19-7-11-21(28)12-8-19/h1-12,22H,13-17H2,(H,29,33)(H,30,32). The van der Waals surface area contributed by atoms with Gasteiger partial charge in [-0.2, -0.15) is 0 Å². The fourth-order valence-electron chi connectivity index (χ4n) is 3.96. The molecule has 0 saturated carbocycles. The van der Waals surface area contributed by atoms with E-state index in [2.05, 4.69) is 15.5 Å². The number of piperidine rings is 1. The van der Waals surface area contributed by atoms with E-state index < -0.39 is 0 Å². The van der Waals surface area contributed by atoms with Crippen LogP contribution in [-0.2, 0) is 6.54 Å². The number of nitrogens with zero attached hydrogens (tertiary/aromatic N) is 1. The van der Waals surface area contributed by atoms with Crippen LogP contribution < -0.4 is 15.5 Å². The van der Waals surface area contributed by atoms with E-state index >= 15 is 0 Å². The smallest absolute Gasteiger partial charge is 0.253 e. The van der Waals surface area contributed by atoms with Crippen LogP contribution in [0, 0.1) is 11.6 Å². The molecule has 33 heavy (non-hydrogen) atoms.